The van der Waals surface area contributed by atoms with Gasteiger partial charge in [0.2, 0.25) is 5.91 Å². The van der Waals surface area contributed by atoms with Crippen molar-refractivity contribution in [3.8, 4) is 5.75 Å². The van der Waals surface area contributed by atoms with Gasteiger partial charge in [-0.1, -0.05) is 46.3 Å². The minimum absolute atomic E-state index is 0.0905. The molecule has 6 nitrogen and oxygen atoms in total. The lowest BCUT2D eigenvalue weighted by Crippen LogP contribution is -2.38. The van der Waals surface area contributed by atoms with E-state index in [2.05, 4.69) is 21.2 Å². The summed E-state index contributed by atoms with van der Waals surface area (Å²) in [6, 6.07) is 21.8. The first-order chi connectivity index (χ1) is 14.4. The van der Waals surface area contributed by atoms with Crippen molar-refractivity contribution >= 4 is 43.2 Å². The molecule has 3 aromatic rings. The highest BCUT2D eigenvalue weighted by Gasteiger charge is 2.29. The quantitative estimate of drug-likeness (QED) is 0.499. The molecule has 156 valence electrons. The molecule has 30 heavy (non-hydrogen) atoms. The van der Waals surface area contributed by atoms with Crippen LogP contribution >= 0.6 is 15.9 Å². The van der Waals surface area contributed by atoms with Gasteiger partial charge in [-0.2, -0.15) is 0 Å². The Labute approximate surface area is 184 Å². The summed E-state index contributed by atoms with van der Waals surface area (Å²) in [6.45, 7) is 1.77. The number of carbonyl (C=O) groups excluding carboxylic acids is 1. The minimum Gasteiger partial charge on any atom is -0.492 e. The lowest BCUT2D eigenvalue weighted by atomic mass is 10.3. The van der Waals surface area contributed by atoms with Gasteiger partial charge in [-0.3, -0.25) is 9.10 Å². The van der Waals surface area contributed by atoms with Crippen LogP contribution in [0.2, 0.25) is 0 Å². The van der Waals surface area contributed by atoms with Crippen LogP contribution in [0, 0.1) is 0 Å². The summed E-state index contributed by atoms with van der Waals surface area (Å²) in [5.74, 6) is -0.0842. The minimum atomic E-state index is -4.00. The van der Waals surface area contributed by atoms with Gasteiger partial charge in [-0.05, 0) is 55.5 Å². The van der Waals surface area contributed by atoms with Gasteiger partial charge >= 0.3 is 0 Å². The molecule has 0 fully saturated rings. The van der Waals surface area contributed by atoms with Gasteiger partial charge in [0.15, 0.2) is 0 Å². The number of ether oxygens (including phenoxy) is 1. The molecule has 0 spiro atoms. The molecule has 0 aromatic heterocycles. The highest BCUT2D eigenvalue weighted by atomic mass is 79.9. The highest BCUT2D eigenvalue weighted by molar-refractivity contribution is 9.10. The second-order valence-corrected chi connectivity index (χ2v) is 9.06. The van der Waals surface area contributed by atoms with Gasteiger partial charge in [-0.15, -0.1) is 0 Å². The smallest absolute Gasteiger partial charge is 0.264 e. The number of halogens is 1. The Bertz CT molecular complexity index is 1100. The highest BCUT2D eigenvalue weighted by Crippen LogP contribution is 2.32. The standard InChI is InChI=1S/C22H21BrN2O4S/c1-2-29-21-11-7-6-10-20(21)25(30(27,28)19-8-4-3-5-9-19)16-22(26)24-18-14-12-17(23)13-15-18/h3-15H,2,16H2,1H3,(H,24,26). The van der Waals surface area contributed by atoms with E-state index in [1.807, 2.05) is 6.92 Å². The number of rotatable bonds is 8. The maximum Gasteiger partial charge on any atom is 0.264 e. The molecule has 0 atom stereocenters. The number of nitrogens with zero attached hydrogens (tertiary/aromatic N) is 1. The average Bonchev–Trinajstić information content (AvgIpc) is 2.75. The van der Waals surface area contributed by atoms with Crippen LogP contribution in [0.15, 0.2) is 88.2 Å². The van der Waals surface area contributed by atoms with E-state index in [4.69, 9.17) is 4.74 Å². The molecule has 3 aromatic carbocycles. The Hall–Kier alpha value is -2.84. The van der Waals surface area contributed by atoms with Gasteiger partial charge in [0, 0.05) is 10.2 Å². The molecule has 3 rings (SSSR count). The molecule has 0 bridgehead atoms. The average molecular weight is 489 g/mol. The van der Waals surface area contributed by atoms with Crippen molar-refractivity contribution in [2.45, 2.75) is 11.8 Å². The van der Waals surface area contributed by atoms with Crippen LogP contribution in [-0.2, 0) is 14.8 Å². The predicted octanol–water partition coefficient (Wildman–Crippen LogP) is 4.68. The van der Waals surface area contributed by atoms with Crippen molar-refractivity contribution in [3.63, 3.8) is 0 Å². The third kappa shape index (κ3) is 5.20. The van der Waals surface area contributed by atoms with E-state index in [0.717, 1.165) is 8.78 Å². The molecule has 0 unspecified atom stereocenters. The molecule has 0 aliphatic heterocycles. The first-order valence-corrected chi connectivity index (χ1v) is 11.5. The summed E-state index contributed by atoms with van der Waals surface area (Å²) in [4.78, 5) is 12.8. The zero-order valence-corrected chi connectivity index (χ0v) is 18.7. The van der Waals surface area contributed by atoms with Gasteiger partial charge in [-0.25, -0.2) is 8.42 Å². The van der Waals surface area contributed by atoms with Gasteiger partial charge < -0.3 is 10.1 Å². The number of amides is 1. The van der Waals surface area contributed by atoms with Crippen LogP contribution in [0.1, 0.15) is 6.92 Å². The second kappa shape index (κ2) is 9.77. The third-order valence-corrected chi connectivity index (χ3v) is 6.48. The Balaban J connectivity index is 1.98. The fourth-order valence-electron chi connectivity index (χ4n) is 2.82. The van der Waals surface area contributed by atoms with Crippen LogP contribution < -0.4 is 14.4 Å². The predicted molar refractivity (Wildman–Crippen MR) is 121 cm³/mol. The number of benzene rings is 3. The Morgan fingerprint density at radius 1 is 0.967 bits per heavy atom. The summed E-state index contributed by atoms with van der Waals surface area (Å²) in [5.41, 5.74) is 0.868. The zero-order valence-electron chi connectivity index (χ0n) is 16.3. The molecular weight excluding hydrogens is 468 g/mol. The van der Waals surface area contributed by atoms with E-state index >= 15 is 0 Å². The fourth-order valence-corrected chi connectivity index (χ4v) is 4.54. The van der Waals surface area contributed by atoms with Gasteiger partial charge in [0.05, 0.1) is 17.2 Å². The number of anilines is 2. The second-order valence-electron chi connectivity index (χ2n) is 6.28. The van der Waals surface area contributed by atoms with Crippen molar-refractivity contribution in [1.82, 2.24) is 0 Å². The van der Waals surface area contributed by atoms with E-state index in [1.165, 1.54) is 12.1 Å². The first-order valence-electron chi connectivity index (χ1n) is 9.27. The van der Waals surface area contributed by atoms with Crippen LogP contribution in [0.3, 0.4) is 0 Å². The number of nitrogens with one attached hydrogen (secondary N) is 1. The van der Waals surface area contributed by atoms with Crippen molar-refractivity contribution in [3.05, 3.63) is 83.3 Å². The lowest BCUT2D eigenvalue weighted by molar-refractivity contribution is -0.114. The van der Waals surface area contributed by atoms with E-state index in [-0.39, 0.29) is 4.90 Å². The fraction of sp³-hybridized carbons (Fsp3) is 0.136. The summed E-state index contributed by atoms with van der Waals surface area (Å²) >= 11 is 3.34. The van der Waals surface area contributed by atoms with E-state index in [0.29, 0.717) is 23.7 Å². The molecule has 0 heterocycles. The number of hydrogen-bond acceptors (Lipinski definition) is 4. The van der Waals surface area contributed by atoms with Crippen molar-refractivity contribution < 1.29 is 17.9 Å². The van der Waals surface area contributed by atoms with Gasteiger partial charge in [0.25, 0.3) is 10.0 Å². The van der Waals surface area contributed by atoms with E-state index in [9.17, 15) is 13.2 Å². The number of para-hydroxylation sites is 2. The number of carbonyl (C=O) groups is 1. The molecule has 0 radical (unpaired) electrons. The maximum absolute atomic E-state index is 13.4. The summed E-state index contributed by atoms with van der Waals surface area (Å²) in [5, 5.41) is 2.74. The van der Waals surface area contributed by atoms with Crippen molar-refractivity contribution in [2.75, 3.05) is 22.8 Å². The lowest BCUT2D eigenvalue weighted by Gasteiger charge is -2.26. The summed E-state index contributed by atoms with van der Waals surface area (Å²) < 4.78 is 34.4. The Morgan fingerprint density at radius 2 is 1.60 bits per heavy atom. The maximum atomic E-state index is 13.4. The van der Waals surface area contributed by atoms with Crippen molar-refractivity contribution in [1.29, 1.82) is 0 Å². The molecule has 0 aliphatic rings. The Kier molecular flexibility index (Phi) is 7.12. The van der Waals surface area contributed by atoms with Crippen LogP contribution in [-0.4, -0.2) is 27.5 Å². The Morgan fingerprint density at radius 3 is 2.27 bits per heavy atom. The molecule has 8 heteroatoms. The number of sulfonamides is 1. The van der Waals surface area contributed by atoms with E-state index < -0.39 is 22.5 Å². The largest absolute Gasteiger partial charge is 0.492 e. The van der Waals surface area contributed by atoms with E-state index in [1.54, 1.807) is 66.7 Å². The van der Waals surface area contributed by atoms with Crippen LogP contribution in [0.4, 0.5) is 11.4 Å². The molecule has 0 aliphatic carbocycles. The normalized spacial score (nSPS) is 11.0. The molecule has 0 saturated carbocycles. The van der Waals surface area contributed by atoms with Gasteiger partial charge in [0.1, 0.15) is 12.3 Å². The molecule has 1 amide bonds. The zero-order chi connectivity index (χ0) is 21.6. The van der Waals surface area contributed by atoms with Crippen molar-refractivity contribution in [2.24, 2.45) is 0 Å². The molecule has 0 saturated heterocycles. The van der Waals surface area contributed by atoms with Crippen LogP contribution in [0.25, 0.3) is 0 Å². The molecular formula is C22H21BrN2O4S. The van der Waals surface area contributed by atoms with Crippen LogP contribution in [0.5, 0.6) is 5.75 Å². The summed E-state index contributed by atoms with van der Waals surface area (Å²) in [6.07, 6.45) is 0. The monoisotopic (exact) mass is 488 g/mol. The third-order valence-electron chi connectivity index (χ3n) is 4.18. The topological polar surface area (TPSA) is 75.7 Å². The first kappa shape index (κ1) is 21.9. The summed E-state index contributed by atoms with van der Waals surface area (Å²) in [7, 11) is -4.00. The number of hydrogen-bond donors (Lipinski definition) is 1. The molecule has 1 N–H and O–H groups in total. The SMILES string of the molecule is CCOc1ccccc1N(CC(=O)Nc1ccc(Br)cc1)S(=O)(=O)c1ccccc1.